The number of nitrogens with one attached hydrogen (secondary N) is 2. The van der Waals surface area contributed by atoms with Crippen LogP contribution < -0.4 is 10.6 Å². The maximum atomic E-state index is 12.8. The van der Waals surface area contributed by atoms with Crippen molar-refractivity contribution >= 4 is 57.6 Å². The van der Waals surface area contributed by atoms with Crippen molar-refractivity contribution in [1.82, 2.24) is 29.7 Å². The summed E-state index contributed by atoms with van der Waals surface area (Å²) in [7, 11) is 1.32. The number of carboxylic acid groups (broad SMARTS) is 1. The van der Waals surface area contributed by atoms with Gasteiger partial charge in [0.1, 0.15) is 34.9 Å². The first-order valence-electron chi connectivity index (χ1n) is 22.3. The first-order valence-corrected chi connectivity index (χ1v) is 22.3. The summed E-state index contributed by atoms with van der Waals surface area (Å²) in [6, 6.07) is 29.1. The van der Waals surface area contributed by atoms with E-state index in [4.69, 9.17) is 34.1 Å². The van der Waals surface area contributed by atoms with Crippen LogP contribution in [0.25, 0.3) is 44.6 Å². The number of rotatable bonds is 8. The van der Waals surface area contributed by atoms with Crippen LogP contribution in [0.3, 0.4) is 0 Å². The smallest absolute Gasteiger partial charge is 0.411 e. The molecule has 16 nitrogen and oxygen atoms in total. The number of carbonyl (C=O) groups excluding carboxylic acids is 3. The standard InChI is InChI=1S/C26H30N4O4.C25H28N4O4/c1-16-10-6-7-11-18(16)22-28-20-13-9-8-12-19(20)23(29-22)27-17-14-21(24(31)33-5)30(15-17)25(32)34-26(2,3)4;1-15-9-5-6-10-17(15)21-27-19-12-8-7-11-18(19)22(28-21)26-16-13-20(23(30)31)29(14-16)24(32)33-25(2,3)4/h6-13,17,21H,14-15H2,1-5H3,(H,27,28,29);5-12,16,20H,13-14H2,1-4H3,(H,30,31)(H,26,27,28)/t17-,21+;16-,20+/m00/s1. The largest absolute Gasteiger partial charge is 0.480 e. The van der Waals surface area contributed by atoms with Crippen molar-refractivity contribution in [3.05, 3.63) is 108 Å². The molecule has 2 aliphatic rings. The Morgan fingerprint density at radius 2 is 0.970 bits per heavy atom. The van der Waals surface area contributed by atoms with Crippen LogP contribution in [0.15, 0.2) is 97.1 Å². The molecule has 4 aromatic carbocycles. The summed E-state index contributed by atoms with van der Waals surface area (Å²) in [5, 5.41) is 18.2. The molecule has 4 atom stereocenters. The van der Waals surface area contributed by atoms with Gasteiger partial charge in [-0.3, -0.25) is 9.80 Å². The number of esters is 1. The molecule has 67 heavy (non-hydrogen) atoms. The molecule has 0 aliphatic carbocycles. The highest BCUT2D eigenvalue weighted by Crippen LogP contribution is 2.32. The zero-order chi connectivity index (χ0) is 48.2. The first kappa shape index (κ1) is 47.6. The fourth-order valence-electron chi connectivity index (χ4n) is 8.17. The minimum atomic E-state index is -1.06. The van der Waals surface area contributed by atoms with Gasteiger partial charge in [-0.1, -0.05) is 72.8 Å². The predicted molar refractivity (Wildman–Crippen MR) is 257 cm³/mol. The van der Waals surface area contributed by atoms with Gasteiger partial charge >= 0.3 is 24.1 Å². The third kappa shape index (κ3) is 11.4. The minimum Gasteiger partial charge on any atom is -0.480 e. The van der Waals surface area contributed by atoms with Crippen molar-refractivity contribution < 1.29 is 38.5 Å². The van der Waals surface area contributed by atoms with Crippen molar-refractivity contribution in [3.8, 4) is 22.8 Å². The number of likely N-dealkylation sites (tertiary alicyclic amines) is 2. The fourth-order valence-corrected chi connectivity index (χ4v) is 8.17. The van der Waals surface area contributed by atoms with Crippen LogP contribution in [-0.4, -0.2) is 115 Å². The highest BCUT2D eigenvalue weighted by Gasteiger charge is 2.43. The number of aromatic nitrogens is 4. The van der Waals surface area contributed by atoms with E-state index >= 15 is 0 Å². The average Bonchev–Trinajstić information content (AvgIpc) is 3.91. The van der Waals surface area contributed by atoms with Crippen molar-refractivity contribution in [3.63, 3.8) is 0 Å². The van der Waals surface area contributed by atoms with Gasteiger partial charge in [0.05, 0.1) is 18.1 Å². The van der Waals surface area contributed by atoms with Gasteiger partial charge < -0.3 is 30.0 Å². The van der Waals surface area contributed by atoms with Crippen molar-refractivity contribution in [2.75, 3.05) is 30.8 Å². The molecule has 0 unspecified atom stereocenters. The molecular formula is C51H58N8O8. The third-order valence-corrected chi connectivity index (χ3v) is 11.3. The molecule has 0 saturated carbocycles. The maximum absolute atomic E-state index is 12.8. The predicted octanol–water partition coefficient (Wildman–Crippen LogP) is 9.05. The van der Waals surface area contributed by atoms with Gasteiger partial charge in [0.2, 0.25) is 0 Å². The Morgan fingerprint density at radius 1 is 0.582 bits per heavy atom. The van der Waals surface area contributed by atoms with Gasteiger partial charge in [-0.05, 0) is 90.8 Å². The Morgan fingerprint density at radius 3 is 1.37 bits per heavy atom. The second-order valence-electron chi connectivity index (χ2n) is 18.8. The highest BCUT2D eigenvalue weighted by molar-refractivity contribution is 5.92. The number of hydrogen-bond donors (Lipinski definition) is 3. The van der Waals surface area contributed by atoms with E-state index in [2.05, 4.69) is 10.6 Å². The molecule has 2 fully saturated rings. The molecular weight excluding hydrogens is 853 g/mol. The molecule has 0 bridgehead atoms. The monoisotopic (exact) mass is 910 g/mol. The van der Waals surface area contributed by atoms with E-state index in [1.165, 1.54) is 16.9 Å². The van der Waals surface area contributed by atoms with E-state index in [0.717, 1.165) is 44.1 Å². The van der Waals surface area contributed by atoms with E-state index in [0.29, 0.717) is 29.7 Å². The number of para-hydroxylation sites is 2. The second kappa shape index (κ2) is 19.6. The molecule has 2 amide bonds. The number of benzene rings is 4. The van der Waals surface area contributed by atoms with Gasteiger partial charge in [0.25, 0.3) is 0 Å². The minimum absolute atomic E-state index is 0.198. The zero-order valence-corrected chi connectivity index (χ0v) is 39.4. The van der Waals surface area contributed by atoms with Crippen LogP contribution in [-0.2, 0) is 23.8 Å². The average molecular weight is 911 g/mol. The van der Waals surface area contributed by atoms with Crippen LogP contribution in [0.4, 0.5) is 21.2 Å². The third-order valence-electron chi connectivity index (χ3n) is 11.3. The Balaban J connectivity index is 0.000000199. The van der Waals surface area contributed by atoms with Crippen LogP contribution in [0.1, 0.15) is 65.5 Å². The number of amides is 2. The number of aliphatic carboxylic acids is 1. The molecule has 8 rings (SSSR count). The van der Waals surface area contributed by atoms with Gasteiger partial charge in [-0.2, -0.15) is 0 Å². The summed E-state index contributed by atoms with van der Waals surface area (Å²) in [4.78, 5) is 71.6. The molecule has 2 aliphatic heterocycles. The van der Waals surface area contributed by atoms with Gasteiger partial charge in [-0.15, -0.1) is 0 Å². The molecule has 0 spiro atoms. The lowest BCUT2D eigenvalue weighted by molar-refractivity contribution is -0.145. The normalized spacial score (nSPS) is 18.2. The Labute approximate surface area is 390 Å². The number of nitrogens with zero attached hydrogens (tertiary/aromatic N) is 6. The summed E-state index contributed by atoms with van der Waals surface area (Å²) in [6.45, 7) is 15.2. The van der Waals surface area contributed by atoms with Crippen molar-refractivity contribution in [1.29, 1.82) is 0 Å². The quantitative estimate of drug-likeness (QED) is 0.0965. The van der Waals surface area contributed by atoms with Crippen LogP contribution in [0.5, 0.6) is 0 Å². The molecule has 2 aromatic heterocycles. The Bertz CT molecular complexity index is 2800. The topological polar surface area (TPSA) is 198 Å². The lowest BCUT2D eigenvalue weighted by Gasteiger charge is -2.27. The molecule has 350 valence electrons. The van der Waals surface area contributed by atoms with Crippen LogP contribution in [0.2, 0.25) is 0 Å². The molecule has 0 radical (unpaired) electrons. The highest BCUT2D eigenvalue weighted by atomic mass is 16.6. The number of methoxy groups -OCH3 is 1. The molecule has 6 aromatic rings. The van der Waals surface area contributed by atoms with E-state index in [-0.39, 0.29) is 31.6 Å². The summed E-state index contributed by atoms with van der Waals surface area (Å²) in [6.07, 6.45) is -0.552. The summed E-state index contributed by atoms with van der Waals surface area (Å²) in [5.41, 5.74) is 4.22. The van der Waals surface area contributed by atoms with E-state index in [1.807, 2.05) is 111 Å². The maximum Gasteiger partial charge on any atom is 0.411 e. The number of hydrogen-bond acceptors (Lipinski definition) is 13. The number of ether oxygens (including phenoxy) is 3. The number of carbonyl (C=O) groups is 4. The second-order valence-corrected chi connectivity index (χ2v) is 18.8. The zero-order valence-electron chi connectivity index (χ0n) is 39.4. The number of aryl methyl sites for hydroxylation is 2. The summed E-state index contributed by atoms with van der Waals surface area (Å²) < 4.78 is 15.9. The fraction of sp³-hybridized carbons (Fsp3) is 0.373. The van der Waals surface area contributed by atoms with E-state index < -0.39 is 47.4 Å². The molecule has 4 heterocycles. The first-order chi connectivity index (χ1) is 31.8. The van der Waals surface area contributed by atoms with Crippen molar-refractivity contribution in [2.45, 2.75) is 104 Å². The Kier molecular flexibility index (Phi) is 13.9. The number of carboxylic acids is 1. The van der Waals surface area contributed by atoms with Crippen LogP contribution >= 0.6 is 0 Å². The van der Waals surface area contributed by atoms with Gasteiger partial charge in [0.15, 0.2) is 11.6 Å². The van der Waals surface area contributed by atoms with Gasteiger partial charge in [-0.25, -0.2) is 39.1 Å². The Hall–Kier alpha value is -7.36. The number of anilines is 2. The summed E-state index contributed by atoms with van der Waals surface area (Å²) in [5.74, 6) is 0.945. The lowest BCUT2D eigenvalue weighted by atomic mass is 10.1. The molecule has 3 N–H and O–H groups in total. The van der Waals surface area contributed by atoms with Gasteiger partial charge in [0, 0.05) is 59.9 Å². The number of fused-ring (bicyclic) bond motifs is 2. The van der Waals surface area contributed by atoms with Crippen molar-refractivity contribution in [2.24, 2.45) is 0 Å². The van der Waals surface area contributed by atoms with Crippen LogP contribution in [0, 0.1) is 13.8 Å². The van der Waals surface area contributed by atoms with E-state index in [1.54, 1.807) is 41.5 Å². The SMILES string of the molecule is COC(=O)[C@H]1C[C@H](Nc2nc(-c3ccccc3C)nc3ccccc23)CN1C(=O)OC(C)(C)C.Cc1ccccc1-c1nc(N[C@H]2C[C@H](C(=O)O)N(C(=O)OC(C)(C)C)C2)c2ccccc2n1. The lowest BCUT2D eigenvalue weighted by Crippen LogP contribution is -2.44. The summed E-state index contributed by atoms with van der Waals surface area (Å²) >= 11 is 0. The molecule has 16 heteroatoms. The van der Waals surface area contributed by atoms with E-state index in [9.17, 15) is 24.3 Å². The molecule has 2 saturated heterocycles.